The minimum Gasteiger partial charge on any atom is -0.496 e. The molecule has 1 aliphatic rings. The SMILES string of the molecule is COc1cc(C)c(CN(Nc2ccc(N(N)/C=C(/C)N)c(OC)c2)C2CC2)cc1C(C)C. The summed E-state index contributed by atoms with van der Waals surface area (Å²) in [6, 6.07) is 10.8. The fourth-order valence-electron chi connectivity index (χ4n) is 3.79. The molecule has 1 saturated carbocycles. The summed E-state index contributed by atoms with van der Waals surface area (Å²) in [7, 11) is 3.38. The molecule has 0 unspecified atom stereocenters. The molecule has 3 rings (SSSR count). The van der Waals surface area contributed by atoms with Crippen molar-refractivity contribution in [3.05, 3.63) is 58.9 Å². The average Bonchev–Trinajstić information content (AvgIpc) is 3.58. The number of hydrogen-bond acceptors (Lipinski definition) is 7. The highest BCUT2D eigenvalue weighted by Gasteiger charge is 2.30. The number of anilines is 2. The Balaban J connectivity index is 1.84. The zero-order valence-electron chi connectivity index (χ0n) is 20.1. The number of hydrogen-bond donors (Lipinski definition) is 3. The van der Waals surface area contributed by atoms with Gasteiger partial charge in [-0.25, -0.2) is 10.9 Å². The third-order valence-electron chi connectivity index (χ3n) is 5.71. The Kier molecular flexibility index (Phi) is 7.53. The van der Waals surface area contributed by atoms with Crippen molar-refractivity contribution in [3.63, 3.8) is 0 Å². The van der Waals surface area contributed by atoms with Crippen LogP contribution in [0.4, 0.5) is 11.4 Å². The van der Waals surface area contributed by atoms with Gasteiger partial charge in [-0.05, 0) is 67.5 Å². The van der Waals surface area contributed by atoms with Crippen molar-refractivity contribution in [2.75, 3.05) is 24.7 Å². The molecule has 0 saturated heterocycles. The quantitative estimate of drug-likeness (QED) is 0.367. The number of aryl methyl sites for hydroxylation is 1. The molecule has 0 atom stereocenters. The van der Waals surface area contributed by atoms with E-state index in [1.54, 1.807) is 27.3 Å². The van der Waals surface area contributed by atoms with Crippen LogP contribution < -0.4 is 31.5 Å². The summed E-state index contributed by atoms with van der Waals surface area (Å²) in [5.74, 6) is 8.15. The third kappa shape index (κ3) is 5.66. The lowest BCUT2D eigenvalue weighted by molar-refractivity contribution is 0.310. The van der Waals surface area contributed by atoms with Gasteiger partial charge in [-0.15, -0.1) is 0 Å². The average molecular weight is 440 g/mol. The number of hydrazine groups is 2. The summed E-state index contributed by atoms with van der Waals surface area (Å²) in [4.78, 5) is 0. The summed E-state index contributed by atoms with van der Waals surface area (Å²) in [6.45, 7) is 9.14. The monoisotopic (exact) mass is 439 g/mol. The Bertz CT molecular complexity index is 965. The molecule has 0 heterocycles. The second kappa shape index (κ2) is 10.1. The van der Waals surface area contributed by atoms with Gasteiger partial charge >= 0.3 is 0 Å². The van der Waals surface area contributed by atoms with Gasteiger partial charge in [0.25, 0.3) is 0 Å². The summed E-state index contributed by atoms with van der Waals surface area (Å²) in [6.07, 6.45) is 4.04. The Labute approximate surface area is 191 Å². The summed E-state index contributed by atoms with van der Waals surface area (Å²) >= 11 is 0. The van der Waals surface area contributed by atoms with E-state index in [9.17, 15) is 0 Å². The van der Waals surface area contributed by atoms with Crippen LogP contribution in [0.1, 0.15) is 56.2 Å². The number of benzene rings is 2. The van der Waals surface area contributed by atoms with Crippen molar-refractivity contribution in [1.29, 1.82) is 0 Å². The molecule has 0 radical (unpaired) electrons. The van der Waals surface area contributed by atoms with Crippen LogP contribution in [0.25, 0.3) is 0 Å². The molecule has 0 bridgehead atoms. The molecule has 1 fully saturated rings. The van der Waals surface area contributed by atoms with Gasteiger partial charge in [0.15, 0.2) is 0 Å². The smallest absolute Gasteiger partial charge is 0.146 e. The number of allylic oxidation sites excluding steroid dienone is 1. The van der Waals surface area contributed by atoms with E-state index >= 15 is 0 Å². The predicted molar refractivity (Wildman–Crippen MR) is 132 cm³/mol. The summed E-state index contributed by atoms with van der Waals surface area (Å²) in [5, 5.41) is 3.79. The number of nitrogens with two attached hydrogens (primary N) is 2. The maximum Gasteiger partial charge on any atom is 0.146 e. The molecule has 0 aliphatic heterocycles. The Morgan fingerprint density at radius 1 is 1.16 bits per heavy atom. The highest BCUT2D eigenvalue weighted by molar-refractivity contribution is 5.65. The fourth-order valence-corrected chi connectivity index (χ4v) is 3.79. The normalized spacial score (nSPS) is 14.1. The number of nitrogens with zero attached hydrogens (tertiary/aromatic N) is 2. The van der Waals surface area contributed by atoms with Crippen LogP contribution in [0.3, 0.4) is 0 Å². The standard InChI is InChI=1S/C25H37N5O2/c1-16(2)22-12-19(17(3)11-24(22)31-5)15-30(21-8-9-21)28-20-7-10-23(25(13-20)32-6)29(27)14-18(4)26/h7,10-14,16,21,28H,8-9,15,26-27H2,1-6H3/b18-14-. The number of methoxy groups -OCH3 is 2. The molecular weight excluding hydrogens is 402 g/mol. The lowest BCUT2D eigenvalue weighted by Gasteiger charge is -2.27. The third-order valence-corrected chi connectivity index (χ3v) is 5.71. The van der Waals surface area contributed by atoms with Crippen LogP contribution in [0.15, 0.2) is 42.2 Å². The summed E-state index contributed by atoms with van der Waals surface area (Å²) < 4.78 is 11.2. The number of ether oxygens (including phenoxy) is 2. The van der Waals surface area contributed by atoms with Gasteiger partial charge in [0.2, 0.25) is 0 Å². The van der Waals surface area contributed by atoms with Crippen molar-refractivity contribution in [1.82, 2.24) is 5.01 Å². The maximum atomic E-state index is 6.12. The molecular formula is C25H37N5O2. The highest BCUT2D eigenvalue weighted by Crippen LogP contribution is 2.35. The second-order valence-electron chi connectivity index (χ2n) is 8.81. The van der Waals surface area contributed by atoms with E-state index in [2.05, 4.69) is 43.3 Å². The second-order valence-corrected chi connectivity index (χ2v) is 8.81. The summed E-state index contributed by atoms with van der Waals surface area (Å²) in [5.41, 5.74) is 15.4. The molecule has 0 aromatic heterocycles. The molecule has 2 aromatic rings. The Hall–Kier alpha value is -2.90. The van der Waals surface area contributed by atoms with Gasteiger partial charge in [-0.2, -0.15) is 0 Å². The Morgan fingerprint density at radius 3 is 2.41 bits per heavy atom. The van der Waals surface area contributed by atoms with Crippen molar-refractivity contribution in [2.24, 2.45) is 11.6 Å². The fraction of sp³-hybridized carbons (Fsp3) is 0.440. The molecule has 2 aromatic carbocycles. The topological polar surface area (TPSA) is 89.0 Å². The molecule has 7 nitrogen and oxygen atoms in total. The van der Waals surface area contributed by atoms with Crippen LogP contribution in [-0.4, -0.2) is 25.3 Å². The van der Waals surface area contributed by atoms with Crippen LogP contribution in [-0.2, 0) is 6.54 Å². The van der Waals surface area contributed by atoms with E-state index in [4.69, 9.17) is 21.1 Å². The number of nitrogens with one attached hydrogen (secondary N) is 1. The molecule has 174 valence electrons. The first-order chi connectivity index (χ1) is 15.2. The predicted octanol–water partition coefficient (Wildman–Crippen LogP) is 4.63. The van der Waals surface area contributed by atoms with E-state index in [-0.39, 0.29) is 0 Å². The van der Waals surface area contributed by atoms with E-state index < -0.39 is 0 Å². The molecule has 32 heavy (non-hydrogen) atoms. The molecule has 0 amide bonds. The Morgan fingerprint density at radius 2 is 1.84 bits per heavy atom. The molecule has 0 spiro atoms. The van der Waals surface area contributed by atoms with Crippen molar-refractivity contribution < 1.29 is 9.47 Å². The zero-order chi connectivity index (χ0) is 23.4. The first-order valence-corrected chi connectivity index (χ1v) is 11.1. The number of rotatable bonds is 10. The van der Waals surface area contributed by atoms with E-state index in [0.717, 1.165) is 23.7 Å². The largest absolute Gasteiger partial charge is 0.496 e. The highest BCUT2D eigenvalue weighted by atomic mass is 16.5. The van der Waals surface area contributed by atoms with Gasteiger partial charge in [-0.3, -0.25) is 5.01 Å². The van der Waals surface area contributed by atoms with Gasteiger partial charge in [0, 0.05) is 30.5 Å². The van der Waals surface area contributed by atoms with Gasteiger partial charge in [-0.1, -0.05) is 19.9 Å². The van der Waals surface area contributed by atoms with E-state index in [1.165, 1.54) is 34.5 Å². The van der Waals surface area contributed by atoms with Gasteiger partial charge in [0.1, 0.15) is 11.5 Å². The van der Waals surface area contributed by atoms with Crippen LogP contribution in [0.2, 0.25) is 0 Å². The maximum absolute atomic E-state index is 6.12. The molecule has 5 N–H and O–H groups in total. The van der Waals surface area contributed by atoms with Crippen molar-refractivity contribution in [2.45, 2.75) is 59.0 Å². The first-order valence-electron chi connectivity index (χ1n) is 11.1. The van der Waals surface area contributed by atoms with Gasteiger partial charge in [0.05, 0.1) is 25.6 Å². The molecule has 7 heteroatoms. The minimum absolute atomic E-state index is 0.397. The van der Waals surface area contributed by atoms with Crippen LogP contribution in [0.5, 0.6) is 11.5 Å². The van der Waals surface area contributed by atoms with Crippen LogP contribution in [0, 0.1) is 6.92 Å². The van der Waals surface area contributed by atoms with E-state index in [1.807, 2.05) is 18.2 Å². The van der Waals surface area contributed by atoms with E-state index in [0.29, 0.717) is 23.4 Å². The lowest BCUT2D eigenvalue weighted by atomic mass is 9.96. The lowest BCUT2D eigenvalue weighted by Crippen LogP contribution is -2.32. The molecule has 1 aliphatic carbocycles. The zero-order valence-corrected chi connectivity index (χ0v) is 20.1. The van der Waals surface area contributed by atoms with Crippen molar-refractivity contribution >= 4 is 11.4 Å². The van der Waals surface area contributed by atoms with Crippen LogP contribution >= 0.6 is 0 Å². The van der Waals surface area contributed by atoms with Crippen molar-refractivity contribution in [3.8, 4) is 11.5 Å². The first kappa shape index (κ1) is 23.8. The van der Waals surface area contributed by atoms with Gasteiger partial charge < -0.3 is 20.6 Å². The minimum atomic E-state index is 0.397.